The minimum absolute atomic E-state index is 0.267. The molecule has 0 aromatic carbocycles. The van der Waals surface area contributed by atoms with Crippen LogP contribution in [0.3, 0.4) is 0 Å². The van der Waals surface area contributed by atoms with Crippen molar-refractivity contribution in [3.8, 4) is 0 Å². The van der Waals surface area contributed by atoms with Gasteiger partial charge in [0.1, 0.15) is 0 Å². The van der Waals surface area contributed by atoms with Crippen LogP contribution in [-0.4, -0.2) is 33.3 Å². The van der Waals surface area contributed by atoms with Crippen molar-refractivity contribution in [2.24, 2.45) is 5.73 Å². The number of imidazole rings is 1. The van der Waals surface area contributed by atoms with Gasteiger partial charge in [-0.2, -0.15) is 0 Å². The van der Waals surface area contributed by atoms with E-state index in [4.69, 9.17) is 5.73 Å². The van der Waals surface area contributed by atoms with E-state index in [1.165, 1.54) is 0 Å². The zero-order chi connectivity index (χ0) is 10.6. The lowest BCUT2D eigenvalue weighted by Crippen LogP contribution is -2.39. The first-order chi connectivity index (χ1) is 6.65. The van der Waals surface area contributed by atoms with Gasteiger partial charge in [0.15, 0.2) is 0 Å². The molecule has 1 aromatic heterocycles. The minimum atomic E-state index is -0.507. The van der Waals surface area contributed by atoms with Crippen LogP contribution in [0, 0.1) is 0 Å². The number of rotatable bonds is 5. The van der Waals surface area contributed by atoms with E-state index < -0.39 is 6.10 Å². The summed E-state index contributed by atoms with van der Waals surface area (Å²) >= 11 is 0. The fraction of sp³-hybridized carbons (Fsp3) is 0.667. The van der Waals surface area contributed by atoms with Crippen LogP contribution in [0.1, 0.15) is 13.8 Å². The smallest absolute Gasteiger partial charge is 0.202 e. The highest BCUT2D eigenvalue weighted by molar-refractivity contribution is 5.26. The van der Waals surface area contributed by atoms with Gasteiger partial charge >= 0.3 is 0 Å². The van der Waals surface area contributed by atoms with E-state index in [-0.39, 0.29) is 6.04 Å². The largest absolute Gasteiger partial charge is 0.392 e. The molecule has 0 aliphatic rings. The van der Waals surface area contributed by atoms with Crippen LogP contribution in [-0.2, 0) is 6.54 Å². The van der Waals surface area contributed by atoms with Gasteiger partial charge in [-0.15, -0.1) is 0 Å². The summed E-state index contributed by atoms with van der Waals surface area (Å²) in [6, 6.07) is -0.267. The number of nitrogens with one attached hydrogen (secondary N) is 1. The first-order valence-corrected chi connectivity index (χ1v) is 4.83. The van der Waals surface area contributed by atoms with Gasteiger partial charge in [-0.1, -0.05) is 0 Å². The summed E-state index contributed by atoms with van der Waals surface area (Å²) in [5, 5.41) is 12.3. The number of aromatic nitrogens is 2. The molecule has 0 aliphatic heterocycles. The first-order valence-electron chi connectivity index (χ1n) is 4.83. The minimum Gasteiger partial charge on any atom is -0.392 e. The number of aliphatic hydroxyl groups is 1. The van der Waals surface area contributed by atoms with Gasteiger partial charge in [-0.25, -0.2) is 4.98 Å². The second-order valence-electron chi connectivity index (χ2n) is 3.32. The Balaban J connectivity index is 2.45. The Hall–Kier alpha value is -1.07. The molecule has 1 heterocycles. The average Bonchev–Trinajstić information content (AvgIpc) is 2.60. The van der Waals surface area contributed by atoms with Crippen molar-refractivity contribution < 1.29 is 5.11 Å². The first kappa shape index (κ1) is 11.0. The van der Waals surface area contributed by atoms with E-state index in [0.717, 1.165) is 12.5 Å². The lowest BCUT2D eigenvalue weighted by atomic mass is 10.2. The molecular formula is C9H18N4O. The molecule has 14 heavy (non-hydrogen) atoms. The number of anilines is 1. The van der Waals surface area contributed by atoms with Gasteiger partial charge in [0.25, 0.3) is 0 Å². The quantitative estimate of drug-likeness (QED) is 0.623. The molecule has 5 heteroatoms. The molecule has 0 radical (unpaired) electrons. The summed E-state index contributed by atoms with van der Waals surface area (Å²) in [7, 11) is 0. The summed E-state index contributed by atoms with van der Waals surface area (Å²) in [5.41, 5.74) is 5.68. The van der Waals surface area contributed by atoms with Gasteiger partial charge in [-0.3, -0.25) is 0 Å². The van der Waals surface area contributed by atoms with Crippen molar-refractivity contribution in [3.63, 3.8) is 0 Å². The lowest BCUT2D eigenvalue weighted by molar-refractivity contribution is 0.168. The van der Waals surface area contributed by atoms with Gasteiger partial charge in [0.05, 0.1) is 6.10 Å². The molecule has 0 aliphatic carbocycles. The zero-order valence-corrected chi connectivity index (χ0v) is 8.64. The molecule has 80 valence electrons. The highest BCUT2D eigenvalue weighted by Gasteiger charge is 2.09. The van der Waals surface area contributed by atoms with Crippen molar-refractivity contribution in [3.05, 3.63) is 12.4 Å². The fourth-order valence-corrected chi connectivity index (χ4v) is 1.11. The summed E-state index contributed by atoms with van der Waals surface area (Å²) < 4.78 is 1.98. The highest BCUT2D eigenvalue weighted by Crippen LogP contribution is 2.03. The molecule has 0 bridgehead atoms. The van der Waals surface area contributed by atoms with Crippen LogP contribution in [0.2, 0.25) is 0 Å². The normalized spacial score (nSPS) is 15.1. The van der Waals surface area contributed by atoms with Gasteiger partial charge in [-0.05, 0) is 13.8 Å². The maximum atomic E-state index is 9.18. The maximum absolute atomic E-state index is 9.18. The monoisotopic (exact) mass is 198 g/mol. The van der Waals surface area contributed by atoms with Crippen molar-refractivity contribution in [1.82, 2.24) is 9.55 Å². The second-order valence-corrected chi connectivity index (χ2v) is 3.32. The Bertz CT molecular complexity index is 272. The molecular weight excluding hydrogens is 180 g/mol. The highest BCUT2D eigenvalue weighted by atomic mass is 16.3. The summed E-state index contributed by atoms with van der Waals surface area (Å²) in [6.45, 7) is 5.11. The van der Waals surface area contributed by atoms with E-state index in [1.54, 1.807) is 13.1 Å². The molecule has 0 amide bonds. The molecule has 0 saturated heterocycles. The number of aryl methyl sites for hydroxylation is 1. The van der Waals surface area contributed by atoms with Crippen LogP contribution in [0.25, 0.3) is 0 Å². The number of nitrogens with zero attached hydrogens (tertiary/aromatic N) is 2. The van der Waals surface area contributed by atoms with Crippen molar-refractivity contribution in [1.29, 1.82) is 0 Å². The molecule has 0 fully saturated rings. The number of nitrogens with two attached hydrogens (primary N) is 1. The molecule has 1 aromatic rings. The predicted octanol–water partition coefficient (Wildman–Crippen LogP) is 0.0230. The van der Waals surface area contributed by atoms with E-state index >= 15 is 0 Å². The maximum Gasteiger partial charge on any atom is 0.202 e. The number of aliphatic hydroxyl groups excluding tert-OH is 1. The Morgan fingerprint density at radius 3 is 3.00 bits per heavy atom. The van der Waals surface area contributed by atoms with Gasteiger partial charge < -0.3 is 20.7 Å². The third-order valence-corrected chi connectivity index (χ3v) is 2.17. The summed E-state index contributed by atoms with van der Waals surface area (Å²) in [5.74, 6) is 0.795. The molecule has 4 N–H and O–H groups in total. The Labute approximate surface area is 83.9 Å². The molecule has 0 saturated carbocycles. The number of hydrogen-bond acceptors (Lipinski definition) is 4. The van der Waals surface area contributed by atoms with E-state index in [9.17, 15) is 5.11 Å². The fourth-order valence-electron chi connectivity index (χ4n) is 1.11. The lowest BCUT2D eigenvalue weighted by Gasteiger charge is -2.16. The molecule has 1 rings (SSSR count). The average molecular weight is 198 g/mol. The molecule has 2 atom stereocenters. The van der Waals surface area contributed by atoms with Crippen LogP contribution in [0.15, 0.2) is 12.4 Å². The topological polar surface area (TPSA) is 76.1 Å². The molecule has 5 nitrogen and oxygen atoms in total. The van der Waals surface area contributed by atoms with E-state index in [1.807, 2.05) is 17.7 Å². The third kappa shape index (κ3) is 2.71. The van der Waals surface area contributed by atoms with Crippen LogP contribution < -0.4 is 11.1 Å². The third-order valence-electron chi connectivity index (χ3n) is 2.17. The van der Waals surface area contributed by atoms with E-state index in [2.05, 4.69) is 10.3 Å². The molecule has 0 spiro atoms. The van der Waals surface area contributed by atoms with Crippen LogP contribution in [0.4, 0.5) is 5.95 Å². The Morgan fingerprint density at radius 1 is 1.71 bits per heavy atom. The Kier molecular flexibility index (Phi) is 3.91. The van der Waals surface area contributed by atoms with Crippen molar-refractivity contribution in [2.75, 3.05) is 11.9 Å². The van der Waals surface area contributed by atoms with Gasteiger partial charge in [0.2, 0.25) is 5.95 Å². The van der Waals surface area contributed by atoms with Crippen LogP contribution in [0.5, 0.6) is 0 Å². The second kappa shape index (κ2) is 4.97. The van der Waals surface area contributed by atoms with Gasteiger partial charge in [0, 0.05) is 31.5 Å². The van der Waals surface area contributed by atoms with Crippen molar-refractivity contribution >= 4 is 5.95 Å². The summed E-state index contributed by atoms with van der Waals surface area (Å²) in [6.07, 6.45) is 3.13. The Morgan fingerprint density at radius 2 is 2.43 bits per heavy atom. The SMILES string of the molecule is CCn1ccnc1NCC(N)C(C)O. The van der Waals surface area contributed by atoms with E-state index in [0.29, 0.717) is 6.54 Å². The predicted molar refractivity (Wildman–Crippen MR) is 56.0 cm³/mol. The summed E-state index contributed by atoms with van der Waals surface area (Å²) in [4.78, 5) is 4.13. The zero-order valence-electron chi connectivity index (χ0n) is 8.64. The molecule has 2 unspecified atom stereocenters. The standard InChI is InChI=1S/C9H18N4O/c1-3-13-5-4-11-9(13)12-6-8(10)7(2)14/h4-5,7-8,14H,3,6,10H2,1-2H3,(H,11,12). The number of hydrogen-bond donors (Lipinski definition) is 3. The van der Waals surface area contributed by atoms with Crippen molar-refractivity contribution in [2.45, 2.75) is 32.5 Å². The van der Waals surface area contributed by atoms with Crippen LogP contribution >= 0.6 is 0 Å².